The van der Waals surface area contributed by atoms with Crippen LogP contribution in [0.4, 0.5) is 11.4 Å². The summed E-state index contributed by atoms with van der Waals surface area (Å²) in [6.07, 6.45) is 5.11. The van der Waals surface area contributed by atoms with Gasteiger partial charge in [-0.1, -0.05) is 19.1 Å². The topological polar surface area (TPSA) is 52.7 Å². The molecule has 24 heavy (non-hydrogen) atoms. The quantitative estimate of drug-likeness (QED) is 0.798. The molecule has 5 heteroatoms. The zero-order valence-corrected chi connectivity index (χ0v) is 14.5. The summed E-state index contributed by atoms with van der Waals surface area (Å²) in [5.74, 6) is 0.917. The highest BCUT2D eigenvalue weighted by Gasteiger charge is 2.26. The van der Waals surface area contributed by atoms with E-state index in [0.29, 0.717) is 13.0 Å². The van der Waals surface area contributed by atoms with Crippen molar-refractivity contribution in [3.05, 3.63) is 24.3 Å². The van der Waals surface area contributed by atoms with E-state index in [-0.39, 0.29) is 11.8 Å². The van der Waals surface area contributed by atoms with Gasteiger partial charge in [-0.05, 0) is 50.3 Å². The van der Waals surface area contributed by atoms with E-state index in [1.54, 1.807) is 4.90 Å². The number of rotatable bonds is 8. The molecular formula is C19H27N3O2. The Bertz CT molecular complexity index is 598. The van der Waals surface area contributed by atoms with Gasteiger partial charge in [-0.3, -0.25) is 14.5 Å². The third-order valence-electron chi connectivity index (χ3n) is 4.66. The van der Waals surface area contributed by atoms with Crippen LogP contribution >= 0.6 is 0 Å². The van der Waals surface area contributed by atoms with Crippen molar-refractivity contribution in [2.24, 2.45) is 5.92 Å². The van der Waals surface area contributed by atoms with Crippen molar-refractivity contribution in [3.63, 3.8) is 0 Å². The Balaban J connectivity index is 1.64. The molecule has 3 rings (SSSR count). The van der Waals surface area contributed by atoms with E-state index in [9.17, 15) is 9.59 Å². The molecule has 2 aliphatic rings. The van der Waals surface area contributed by atoms with Gasteiger partial charge in [0.05, 0.1) is 17.9 Å². The number of hydrogen-bond donors (Lipinski definition) is 1. The van der Waals surface area contributed by atoms with Crippen LogP contribution in [-0.4, -0.2) is 42.9 Å². The zero-order chi connectivity index (χ0) is 16.9. The fourth-order valence-electron chi connectivity index (χ4n) is 3.33. The minimum Gasteiger partial charge on any atom is -0.323 e. The molecule has 1 aromatic rings. The Morgan fingerprint density at radius 3 is 2.79 bits per heavy atom. The Morgan fingerprint density at radius 2 is 2.12 bits per heavy atom. The van der Waals surface area contributed by atoms with Gasteiger partial charge < -0.3 is 10.2 Å². The molecule has 1 aromatic carbocycles. The number of nitrogens with zero attached hydrogens (tertiary/aromatic N) is 2. The van der Waals surface area contributed by atoms with Crippen LogP contribution in [0.25, 0.3) is 0 Å². The Morgan fingerprint density at radius 1 is 1.33 bits per heavy atom. The Labute approximate surface area is 144 Å². The van der Waals surface area contributed by atoms with E-state index >= 15 is 0 Å². The van der Waals surface area contributed by atoms with Crippen molar-refractivity contribution in [2.45, 2.75) is 39.0 Å². The van der Waals surface area contributed by atoms with E-state index in [4.69, 9.17) is 0 Å². The molecule has 130 valence electrons. The molecule has 0 radical (unpaired) electrons. The normalized spacial score (nSPS) is 17.6. The first kappa shape index (κ1) is 17.0. The molecule has 0 spiro atoms. The van der Waals surface area contributed by atoms with Crippen molar-refractivity contribution in [3.8, 4) is 0 Å². The average Bonchev–Trinajstić information content (AvgIpc) is 3.27. The lowest BCUT2D eigenvalue weighted by Crippen LogP contribution is -2.35. The Hall–Kier alpha value is -1.88. The van der Waals surface area contributed by atoms with E-state index in [2.05, 4.69) is 17.1 Å². The molecule has 1 aliphatic carbocycles. The van der Waals surface area contributed by atoms with E-state index in [1.807, 2.05) is 24.3 Å². The van der Waals surface area contributed by atoms with Gasteiger partial charge in [0.1, 0.15) is 0 Å². The van der Waals surface area contributed by atoms with Crippen LogP contribution in [0.3, 0.4) is 0 Å². The second-order valence-corrected chi connectivity index (χ2v) is 6.89. The predicted molar refractivity (Wildman–Crippen MR) is 96.1 cm³/mol. The lowest BCUT2D eigenvalue weighted by molar-refractivity contribution is -0.118. The predicted octanol–water partition coefficient (Wildman–Crippen LogP) is 2.87. The zero-order valence-electron chi connectivity index (χ0n) is 14.5. The van der Waals surface area contributed by atoms with Crippen LogP contribution in [0.2, 0.25) is 0 Å². The van der Waals surface area contributed by atoms with Crippen LogP contribution in [0.15, 0.2) is 24.3 Å². The molecule has 1 saturated carbocycles. The summed E-state index contributed by atoms with van der Waals surface area (Å²) in [5, 5.41) is 3.02. The van der Waals surface area contributed by atoms with Crippen molar-refractivity contribution in [1.29, 1.82) is 0 Å². The SMILES string of the molecule is CCCN(CC(=O)Nc1ccccc1N1CCCC1=O)CC1CC1. The summed E-state index contributed by atoms with van der Waals surface area (Å²) in [6.45, 7) is 5.28. The van der Waals surface area contributed by atoms with E-state index in [0.717, 1.165) is 49.8 Å². The van der Waals surface area contributed by atoms with Crippen LogP contribution in [-0.2, 0) is 9.59 Å². The van der Waals surface area contributed by atoms with Gasteiger partial charge in [-0.25, -0.2) is 0 Å². The summed E-state index contributed by atoms with van der Waals surface area (Å²) < 4.78 is 0. The molecule has 0 aromatic heterocycles. The fourth-order valence-corrected chi connectivity index (χ4v) is 3.33. The molecule has 1 N–H and O–H groups in total. The highest BCUT2D eigenvalue weighted by atomic mass is 16.2. The fraction of sp³-hybridized carbons (Fsp3) is 0.579. The van der Waals surface area contributed by atoms with Crippen LogP contribution < -0.4 is 10.2 Å². The maximum Gasteiger partial charge on any atom is 0.238 e. The van der Waals surface area contributed by atoms with Crippen molar-refractivity contribution < 1.29 is 9.59 Å². The number of anilines is 2. The van der Waals surface area contributed by atoms with Gasteiger partial charge >= 0.3 is 0 Å². The van der Waals surface area contributed by atoms with Gasteiger partial charge in [-0.15, -0.1) is 0 Å². The van der Waals surface area contributed by atoms with Crippen molar-refractivity contribution in [1.82, 2.24) is 4.90 Å². The molecule has 2 amide bonds. The Kier molecular flexibility index (Phi) is 5.51. The minimum atomic E-state index is 0.00296. The number of hydrogen-bond acceptors (Lipinski definition) is 3. The average molecular weight is 329 g/mol. The minimum absolute atomic E-state index is 0.00296. The third kappa shape index (κ3) is 4.35. The van der Waals surface area contributed by atoms with E-state index in [1.165, 1.54) is 12.8 Å². The number of carbonyl (C=O) groups is 2. The van der Waals surface area contributed by atoms with Crippen molar-refractivity contribution in [2.75, 3.05) is 36.4 Å². The van der Waals surface area contributed by atoms with Gasteiger partial charge in [-0.2, -0.15) is 0 Å². The lowest BCUT2D eigenvalue weighted by atomic mass is 10.2. The molecule has 1 saturated heterocycles. The smallest absolute Gasteiger partial charge is 0.238 e. The summed E-state index contributed by atoms with van der Waals surface area (Å²) in [4.78, 5) is 28.5. The van der Waals surface area contributed by atoms with Crippen LogP contribution in [0.5, 0.6) is 0 Å². The highest BCUT2D eigenvalue weighted by Crippen LogP contribution is 2.30. The van der Waals surface area contributed by atoms with Crippen LogP contribution in [0.1, 0.15) is 39.0 Å². The third-order valence-corrected chi connectivity index (χ3v) is 4.66. The number of nitrogens with one attached hydrogen (secondary N) is 1. The largest absolute Gasteiger partial charge is 0.323 e. The monoisotopic (exact) mass is 329 g/mol. The van der Waals surface area contributed by atoms with Gasteiger partial charge in [0.15, 0.2) is 0 Å². The second-order valence-electron chi connectivity index (χ2n) is 6.89. The maximum atomic E-state index is 12.5. The number of benzene rings is 1. The molecule has 5 nitrogen and oxygen atoms in total. The first-order chi connectivity index (χ1) is 11.7. The first-order valence-electron chi connectivity index (χ1n) is 9.09. The molecule has 0 bridgehead atoms. The molecular weight excluding hydrogens is 302 g/mol. The van der Waals surface area contributed by atoms with Gasteiger partial charge in [0.2, 0.25) is 11.8 Å². The standard InChI is InChI=1S/C19H27N3O2/c1-2-11-21(13-15-9-10-15)14-18(23)20-16-6-3-4-7-17(16)22-12-5-8-19(22)24/h3-4,6-7,15H,2,5,8-14H2,1H3,(H,20,23). The van der Waals surface area contributed by atoms with Crippen LogP contribution in [0, 0.1) is 5.92 Å². The van der Waals surface area contributed by atoms with Crippen molar-refractivity contribution >= 4 is 23.2 Å². The first-order valence-corrected chi connectivity index (χ1v) is 9.09. The van der Waals surface area contributed by atoms with E-state index < -0.39 is 0 Å². The maximum absolute atomic E-state index is 12.5. The number of para-hydroxylation sites is 2. The summed E-state index contributed by atoms with van der Waals surface area (Å²) in [6, 6.07) is 7.59. The molecule has 1 heterocycles. The summed E-state index contributed by atoms with van der Waals surface area (Å²) in [7, 11) is 0. The molecule has 0 unspecified atom stereocenters. The number of carbonyl (C=O) groups excluding carboxylic acids is 2. The summed E-state index contributed by atoms with van der Waals surface area (Å²) in [5.41, 5.74) is 1.55. The highest BCUT2D eigenvalue weighted by molar-refractivity contribution is 6.02. The second kappa shape index (κ2) is 7.79. The van der Waals surface area contributed by atoms with Gasteiger partial charge in [0.25, 0.3) is 0 Å². The molecule has 1 aliphatic heterocycles. The molecule has 2 fully saturated rings. The number of amides is 2. The van der Waals surface area contributed by atoms with Gasteiger partial charge in [0, 0.05) is 19.5 Å². The lowest BCUT2D eigenvalue weighted by Gasteiger charge is -2.23. The summed E-state index contributed by atoms with van der Waals surface area (Å²) >= 11 is 0. The molecule has 0 atom stereocenters.